The van der Waals surface area contributed by atoms with Gasteiger partial charge in [-0.2, -0.15) is 0 Å². The topological polar surface area (TPSA) is 0 Å². The van der Waals surface area contributed by atoms with Gasteiger partial charge in [0.1, 0.15) is 5.82 Å². The maximum atomic E-state index is 13.8. The molecular weight excluding hydrogens is 435 g/mol. The Morgan fingerprint density at radius 2 is 1.06 bits per heavy atom. The summed E-state index contributed by atoms with van der Waals surface area (Å²) in [6.07, 6.45) is 0. The van der Waals surface area contributed by atoms with Crippen molar-refractivity contribution in [2.75, 3.05) is 0 Å². The van der Waals surface area contributed by atoms with Crippen molar-refractivity contribution in [3.8, 4) is 33.4 Å². The number of benzene rings is 5. The highest BCUT2D eigenvalue weighted by Crippen LogP contribution is 2.39. The van der Waals surface area contributed by atoms with Gasteiger partial charge in [-0.05, 0) is 70.1 Å². The van der Waals surface area contributed by atoms with Crippen molar-refractivity contribution in [3.05, 3.63) is 144 Å². The van der Waals surface area contributed by atoms with Crippen molar-refractivity contribution >= 4 is 17.1 Å². The van der Waals surface area contributed by atoms with Crippen molar-refractivity contribution in [1.29, 1.82) is 0 Å². The first-order valence-corrected chi connectivity index (χ1v) is 11.7. The van der Waals surface area contributed by atoms with Crippen LogP contribution < -0.4 is 0 Å². The SMILES string of the molecule is Cc1ccc(-c2cc(-c3ccccc3)c(-c3ccc(F)cc3)cc2C(=S)c2ccccc2)cc1. The minimum atomic E-state index is -0.249. The first-order valence-electron chi connectivity index (χ1n) is 11.3. The molecule has 5 aromatic carbocycles. The smallest absolute Gasteiger partial charge is 0.123 e. The number of rotatable bonds is 5. The predicted octanol–water partition coefficient (Wildman–Crippen LogP) is 8.90. The minimum Gasteiger partial charge on any atom is -0.207 e. The largest absolute Gasteiger partial charge is 0.207 e. The zero-order chi connectivity index (χ0) is 23.5. The third kappa shape index (κ3) is 4.46. The number of hydrogen-bond acceptors (Lipinski definition) is 1. The van der Waals surface area contributed by atoms with E-state index >= 15 is 0 Å². The molecule has 0 amide bonds. The number of halogens is 1. The van der Waals surface area contributed by atoms with Gasteiger partial charge < -0.3 is 0 Å². The van der Waals surface area contributed by atoms with Crippen LogP contribution in [0.3, 0.4) is 0 Å². The number of hydrogen-bond donors (Lipinski definition) is 0. The quantitative estimate of drug-likeness (QED) is 0.187. The molecule has 0 saturated carbocycles. The lowest BCUT2D eigenvalue weighted by atomic mass is 9.86. The Kier molecular flexibility index (Phi) is 6.16. The summed E-state index contributed by atoms with van der Waals surface area (Å²) < 4.78 is 13.8. The molecule has 34 heavy (non-hydrogen) atoms. The summed E-state index contributed by atoms with van der Waals surface area (Å²) in [5.41, 5.74) is 9.56. The molecule has 0 aromatic heterocycles. The van der Waals surface area contributed by atoms with Crippen molar-refractivity contribution in [2.24, 2.45) is 0 Å². The Morgan fingerprint density at radius 1 is 0.559 bits per heavy atom. The van der Waals surface area contributed by atoms with E-state index in [4.69, 9.17) is 12.2 Å². The van der Waals surface area contributed by atoms with Crippen molar-refractivity contribution in [2.45, 2.75) is 6.92 Å². The second-order valence-electron chi connectivity index (χ2n) is 8.38. The van der Waals surface area contributed by atoms with E-state index in [0.29, 0.717) is 0 Å². The average molecular weight is 459 g/mol. The van der Waals surface area contributed by atoms with E-state index in [1.165, 1.54) is 17.7 Å². The summed E-state index contributed by atoms with van der Waals surface area (Å²) >= 11 is 6.03. The van der Waals surface area contributed by atoms with Gasteiger partial charge in [0.05, 0.1) is 4.86 Å². The maximum Gasteiger partial charge on any atom is 0.123 e. The van der Waals surface area contributed by atoms with Gasteiger partial charge in [0.15, 0.2) is 0 Å². The fraction of sp³-hybridized carbons (Fsp3) is 0.0312. The van der Waals surface area contributed by atoms with E-state index in [9.17, 15) is 4.39 Å². The predicted molar refractivity (Wildman–Crippen MR) is 145 cm³/mol. The molecule has 0 aliphatic rings. The molecule has 164 valence electrons. The van der Waals surface area contributed by atoms with Crippen LogP contribution in [-0.2, 0) is 0 Å². The van der Waals surface area contributed by atoms with Crippen LogP contribution in [0.25, 0.3) is 33.4 Å². The Hall–Kier alpha value is -3.88. The van der Waals surface area contributed by atoms with Crippen LogP contribution >= 0.6 is 12.2 Å². The van der Waals surface area contributed by atoms with E-state index < -0.39 is 0 Å². The average Bonchev–Trinajstić information content (AvgIpc) is 2.89. The molecule has 0 fully saturated rings. The molecule has 0 heterocycles. The molecule has 0 aliphatic carbocycles. The van der Waals surface area contributed by atoms with Gasteiger partial charge in [-0.1, -0.05) is 115 Å². The van der Waals surface area contributed by atoms with Gasteiger partial charge >= 0.3 is 0 Å². The molecular formula is C32H23FS. The molecule has 0 bridgehead atoms. The van der Waals surface area contributed by atoms with Gasteiger partial charge in [0.2, 0.25) is 0 Å². The van der Waals surface area contributed by atoms with Crippen LogP contribution in [0.2, 0.25) is 0 Å². The standard InChI is InChI=1S/C32H23FS/c1-22-12-14-24(15-13-22)30-20-28(23-8-4-2-5-9-23)29(25-16-18-27(33)19-17-25)21-31(30)32(34)26-10-6-3-7-11-26/h2-21H,1H3. The Morgan fingerprint density at radius 3 is 1.71 bits per heavy atom. The normalized spacial score (nSPS) is 10.8. The van der Waals surface area contributed by atoms with Crippen LogP contribution in [0.4, 0.5) is 4.39 Å². The molecule has 0 unspecified atom stereocenters. The molecule has 5 aromatic rings. The first-order chi connectivity index (χ1) is 16.6. The van der Waals surface area contributed by atoms with Crippen molar-refractivity contribution in [3.63, 3.8) is 0 Å². The molecule has 0 N–H and O–H groups in total. The Labute approximate surface area is 205 Å². The summed E-state index contributed by atoms with van der Waals surface area (Å²) in [4.78, 5) is 0.791. The maximum absolute atomic E-state index is 13.8. The molecule has 0 spiro atoms. The third-order valence-electron chi connectivity index (χ3n) is 6.04. The lowest BCUT2D eigenvalue weighted by molar-refractivity contribution is 0.628. The molecule has 0 atom stereocenters. The molecule has 0 radical (unpaired) electrons. The van der Waals surface area contributed by atoms with Gasteiger partial charge in [-0.25, -0.2) is 4.39 Å². The minimum absolute atomic E-state index is 0.249. The fourth-order valence-electron chi connectivity index (χ4n) is 4.23. The van der Waals surface area contributed by atoms with E-state index in [2.05, 4.69) is 55.5 Å². The molecule has 0 nitrogen and oxygen atoms in total. The van der Waals surface area contributed by atoms with Crippen LogP contribution in [0, 0.1) is 12.7 Å². The first kappa shape index (κ1) is 21.9. The van der Waals surface area contributed by atoms with Crippen LogP contribution in [0.15, 0.2) is 121 Å². The van der Waals surface area contributed by atoms with E-state index in [1.807, 2.05) is 60.7 Å². The summed E-state index contributed by atoms with van der Waals surface area (Å²) in [6, 6.07) is 40.0. The molecule has 5 rings (SSSR count). The van der Waals surface area contributed by atoms with Crippen LogP contribution in [0.1, 0.15) is 16.7 Å². The van der Waals surface area contributed by atoms with Gasteiger partial charge in [0, 0.05) is 5.56 Å². The molecule has 0 saturated heterocycles. The van der Waals surface area contributed by atoms with E-state index in [0.717, 1.165) is 49.4 Å². The fourth-order valence-corrected chi connectivity index (χ4v) is 4.53. The second-order valence-corrected chi connectivity index (χ2v) is 8.79. The van der Waals surface area contributed by atoms with Crippen molar-refractivity contribution < 1.29 is 4.39 Å². The van der Waals surface area contributed by atoms with Crippen molar-refractivity contribution in [1.82, 2.24) is 0 Å². The van der Waals surface area contributed by atoms with Gasteiger partial charge in [0.25, 0.3) is 0 Å². The molecule has 0 aliphatic heterocycles. The zero-order valence-electron chi connectivity index (χ0n) is 18.8. The number of thiocarbonyl (C=S) groups is 1. The second kappa shape index (κ2) is 9.54. The van der Waals surface area contributed by atoms with Crippen LogP contribution in [-0.4, -0.2) is 4.86 Å². The van der Waals surface area contributed by atoms with E-state index in [-0.39, 0.29) is 5.82 Å². The number of aryl methyl sites for hydroxylation is 1. The Bertz CT molecular complexity index is 1440. The lowest BCUT2D eigenvalue weighted by Crippen LogP contribution is -2.04. The van der Waals surface area contributed by atoms with Gasteiger partial charge in [-0.3, -0.25) is 0 Å². The monoisotopic (exact) mass is 458 g/mol. The van der Waals surface area contributed by atoms with Gasteiger partial charge in [-0.15, -0.1) is 0 Å². The van der Waals surface area contributed by atoms with Crippen LogP contribution in [0.5, 0.6) is 0 Å². The summed E-state index contributed by atoms with van der Waals surface area (Å²) in [5.74, 6) is -0.249. The Balaban J connectivity index is 1.81. The zero-order valence-corrected chi connectivity index (χ0v) is 19.6. The summed E-state index contributed by atoms with van der Waals surface area (Å²) in [6.45, 7) is 2.09. The highest BCUT2D eigenvalue weighted by molar-refractivity contribution is 7.81. The third-order valence-corrected chi connectivity index (χ3v) is 6.50. The molecule has 2 heteroatoms. The highest BCUT2D eigenvalue weighted by atomic mass is 32.1. The summed E-state index contributed by atoms with van der Waals surface area (Å²) in [7, 11) is 0. The van der Waals surface area contributed by atoms with E-state index in [1.54, 1.807) is 0 Å². The highest BCUT2D eigenvalue weighted by Gasteiger charge is 2.18. The summed E-state index contributed by atoms with van der Waals surface area (Å²) in [5, 5.41) is 0. The lowest BCUT2D eigenvalue weighted by Gasteiger charge is -2.19.